The van der Waals surface area contributed by atoms with Crippen LogP contribution in [0.25, 0.3) is 0 Å². The highest BCUT2D eigenvalue weighted by molar-refractivity contribution is 6.30. The smallest absolute Gasteiger partial charge is 0.0406 e. The Balaban J connectivity index is 2.12. The standard InChI is InChI=1S/C15H22ClN/c1-2-6-15(17-11-4-3-5-12-17)13-7-9-14(16)10-8-13/h7-10,15H,2-6,11-12H2,1H3/t15-/m1/s1. The lowest BCUT2D eigenvalue weighted by molar-refractivity contribution is 0.155. The summed E-state index contributed by atoms with van der Waals surface area (Å²) in [6, 6.07) is 9.01. The van der Waals surface area contributed by atoms with Crippen LogP contribution in [-0.4, -0.2) is 18.0 Å². The summed E-state index contributed by atoms with van der Waals surface area (Å²) in [5, 5.41) is 0.836. The Labute approximate surface area is 110 Å². The second-order valence-electron chi connectivity index (χ2n) is 4.95. The Kier molecular flexibility index (Phi) is 4.87. The molecule has 0 N–H and O–H groups in total. The number of benzene rings is 1. The first kappa shape index (κ1) is 12.9. The van der Waals surface area contributed by atoms with Gasteiger partial charge in [0.05, 0.1) is 0 Å². The molecule has 0 spiro atoms. The van der Waals surface area contributed by atoms with Crippen LogP contribution >= 0.6 is 11.6 Å². The van der Waals surface area contributed by atoms with E-state index >= 15 is 0 Å². The quantitative estimate of drug-likeness (QED) is 0.752. The first-order chi connectivity index (χ1) is 8.31. The van der Waals surface area contributed by atoms with Crippen LogP contribution in [0.3, 0.4) is 0 Å². The first-order valence-corrected chi connectivity index (χ1v) is 7.18. The van der Waals surface area contributed by atoms with Gasteiger partial charge in [-0.1, -0.05) is 43.5 Å². The zero-order valence-corrected chi connectivity index (χ0v) is 11.4. The number of hydrogen-bond donors (Lipinski definition) is 0. The highest BCUT2D eigenvalue weighted by atomic mass is 35.5. The molecule has 0 unspecified atom stereocenters. The molecule has 0 aromatic heterocycles. The summed E-state index contributed by atoms with van der Waals surface area (Å²) in [6.45, 7) is 4.79. The van der Waals surface area contributed by atoms with Gasteiger partial charge in [0, 0.05) is 11.1 Å². The van der Waals surface area contributed by atoms with E-state index in [1.807, 2.05) is 12.1 Å². The van der Waals surface area contributed by atoms with Gasteiger partial charge in [-0.2, -0.15) is 0 Å². The molecule has 17 heavy (non-hydrogen) atoms. The normalized spacial score (nSPS) is 19.2. The van der Waals surface area contributed by atoms with Gasteiger partial charge in [0.15, 0.2) is 0 Å². The zero-order chi connectivity index (χ0) is 12.1. The van der Waals surface area contributed by atoms with Crippen molar-refractivity contribution in [3.63, 3.8) is 0 Å². The lowest BCUT2D eigenvalue weighted by Gasteiger charge is -2.35. The second-order valence-corrected chi connectivity index (χ2v) is 5.39. The number of nitrogens with zero attached hydrogens (tertiary/aromatic N) is 1. The molecule has 0 aliphatic carbocycles. The van der Waals surface area contributed by atoms with E-state index in [2.05, 4.69) is 24.0 Å². The van der Waals surface area contributed by atoms with Crippen LogP contribution < -0.4 is 0 Å². The Bertz CT molecular complexity index is 327. The lowest BCUT2D eigenvalue weighted by Crippen LogP contribution is -2.33. The number of piperidine rings is 1. The van der Waals surface area contributed by atoms with Crippen LogP contribution in [0.15, 0.2) is 24.3 Å². The molecule has 1 heterocycles. The van der Waals surface area contributed by atoms with E-state index in [-0.39, 0.29) is 0 Å². The molecule has 1 aliphatic rings. The maximum Gasteiger partial charge on any atom is 0.0406 e. The molecule has 1 atom stereocenters. The summed E-state index contributed by atoms with van der Waals surface area (Å²) in [6.07, 6.45) is 6.60. The van der Waals surface area contributed by atoms with Crippen LogP contribution in [0, 0.1) is 0 Å². The van der Waals surface area contributed by atoms with Gasteiger partial charge in [0.1, 0.15) is 0 Å². The summed E-state index contributed by atoms with van der Waals surface area (Å²) in [4.78, 5) is 2.65. The highest BCUT2D eigenvalue weighted by Gasteiger charge is 2.21. The molecular formula is C15H22ClN. The molecule has 0 saturated carbocycles. The van der Waals surface area contributed by atoms with E-state index in [9.17, 15) is 0 Å². The van der Waals surface area contributed by atoms with E-state index in [1.165, 1.54) is 50.8 Å². The third-order valence-corrected chi connectivity index (χ3v) is 3.90. The first-order valence-electron chi connectivity index (χ1n) is 6.81. The molecule has 0 radical (unpaired) electrons. The third kappa shape index (κ3) is 3.46. The predicted molar refractivity (Wildman–Crippen MR) is 74.5 cm³/mol. The van der Waals surface area contributed by atoms with Crippen LogP contribution in [0.2, 0.25) is 5.02 Å². The number of hydrogen-bond acceptors (Lipinski definition) is 1. The minimum Gasteiger partial charge on any atom is -0.296 e. The van der Waals surface area contributed by atoms with Gasteiger partial charge in [0.2, 0.25) is 0 Å². The van der Waals surface area contributed by atoms with Crippen LogP contribution in [-0.2, 0) is 0 Å². The van der Waals surface area contributed by atoms with Crippen molar-refractivity contribution in [2.24, 2.45) is 0 Å². The summed E-state index contributed by atoms with van der Waals surface area (Å²) < 4.78 is 0. The molecule has 1 fully saturated rings. The molecule has 1 aliphatic heterocycles. The summed E-state index contributed by atoms with van der Waals surface area (Å²) in [5.41, 5.74) is 1.43. The minimum atomic E-state index is 0.595. The number of likely N-dealkylation sites (tertiary alicyclic amines) is 1. The monoisotopic (exact) mass is 251 g/mol. The van der Waals surface area contributed by atoms with E-state index in [0.29, 0.717) is 6.04 Å². The molecule has 2 heteroatoms. The Morgan fingerprint density at radius 1 is 1.12 bits per heavy atom. The molecule has 1 aromatic rings. The molecule has 2 rings (SSSR count). The average Bonchev–Trinajstić information content (AvgIpc) is 2.38. The zero-order valence-electron chi connectivity index (χ0n) is 10.7. The molecule has 0 amide bonds. The third-order valence-electron chi connectivity index (χ3n) is 3.65. The molecular weight excluding hydrogens is 230 g/mol. The average molecular weight is 252 g/mol. The molecule has 1 nitrogen and oxygen atoms in total. The fourth-order valence-electron chi connectivity index (χ4n) is 2.75. The van der Waals surface area contributed by atoms with Gasteiger partial charge in [-0.15, -0.1) is 0 Å². The number of halogens is 1. The molecule has 0 bridgehead atoms. The Morgan fingerprint density at radius 2 is 1.76 bits per heavy atom. The molecule has 1 saturated heterocycles. The maximum absolute atomic E-state index is 5.97. The predicted octanol–water partition coefficient (Wildman–Crippen LogP) is 4.67. The van der Waals surface area contributed by atoms with E-state index in [0.717, 1.165) is 5.02 Å². The summed E-state index contributed by atoms with van der Waals surface area (Å²) in [7, 11) is 0. The maximum atomic E-state index is 5.97. The van der Waals surface area contributed by atoms with Crippen molar-refractivity contribution in [3.05, 3.63) is 34.9 Å². The van der Waals surface area contributed by atoms with Gasteiger partial charge in [0.25, 0.3) is 0 Å². The van der Waals surface area contributed by atoms with E-state index < -0.39 is 0 Å². The van der Waals surface area contributed by atoms with Crippen LogP contribution in [0.1, 0.15) is 50.6 Å². The van der Waals surface area contributed by atoms with Crippen molar-refractivity contribution < 1.29 is 0 Å². The van der Waals surface area contributed by atoms with Crippen molar-refractivity contribution in [1.29, 1.82) is 0 Å². The van der Waals surface area contributed by atoms with Gasteiger partial charge in [-0.3, -0.25) is 4.90 Å². The Morgan fingerprint density at radius 3 is 2.35 bits per heavy atom. The van der Waals surface area contributed by atoms with Crippen molar-refractivity contribution in [3.8, 4) is 0 Å². The van der Waals surface area contributed by atoms with Gasteiger partial charge < -0.3 is 0 Å². The largest absolute Gasteiger partial charge is 0.296 e. The van der Waals surface area contributed by atoms with Gasteiger partial charge >= 0.3 is 0 Å². The minimum absolute atomic E-state index is 0.595. The van der Waals surface area contributed by atoms with Crippen molar-refractivity contribution in [2.45, 2.75) is 45.1 Å². The van der Waals surface area contributed by atoms with Gasteiger partial charge in [-0.25, -0.2) is 0 Å². The van der Waals surface area contributed by atoms with Gasteiger partial charge in [-0.05, 0) is 50.0 Å². The van der Waals surface area contributed by atoms with Crippen LogP contribution in [0.4, 0.5) is 0 Å². The van der Waals surface area contributed by atoms with E-state index in [4.69, 9.17) is 11.6 Å². The fraction of sp³-hybridized carbons (Fsp3) is 0.600. The van der Waals surface area contributed by atoms with Crippen molar-refractivity contribution >= 4 is 11.6 Å². The van der Waals surface area contributed by atoms with E-state index in [1.54, 1.807) is 0 Å². The molecule has 1 aromatic carbocycles. The second kappa shape index (κ2) is 6.42. The Hall–Kier alpha value is -0.530. The number of rotatable bonds is 4. The summed E-state index contributed by atoms with van der Waals surface area (Å²) >= 11 is 5.97. The topological polar surface area (TPSA) is 3.24 Å². The van der Waals surface area contributed by atoms with Crippen molar-refractivity contribution in [2.75, 3.05) is 13.1 Å². The SMILES string of the molecule is CCC[C@H](c1ccc(Cl)cc1)N1CCCCC1. The highest BCUT2D eigenvalue weighted by Crippen LogP contribution is 2.29. The molecule has 94 valence electrons. The summed E-state index contributed by atoms with van der Waals surface area (Å²) in [5.74, 6) is 0. The lowest BCUT2D eigenvalue weighted by atomic mass is 9.98. The fourth-order valence-corrected chi connectivity index (χ4v) is 2.87. The van der Waals surface area contributed by atoms with Crippen LogP contribution in [0.5, 0.6) is 0 Å². The van der Waals surface area contributed by atoms with Crippen molar-refractivity contribution in [1.82, 2.24) is 4.90 Å².